The summed E-state index contributed by atoms with van der Waals surface area (Å²) in [6, 6.07) is 3.66. The van der Waals surface area contributed by atoms with Gasteiger partial charge in [-0.3, -0.25) is 0 Å². The van der Waals surface area contributed by atoms with Gasteiger partial charge in [0.2, 0.25) is 0 Å². The molecule has 0 fully saturated rings. The molecular formula is C9H9F2N. The molecule has 2 N–H and O–H groups in total. The molecular weight excluding hydrogens is 160 g/mol. The van der Waals surface area contributed by atoms with Crippen LogP contribution in [0.5, 0.6) is 0 Å². The van der Waals surface area contributed by atoms with E-state index < -0.39 is 11.6 Å². The van der Waals surface area contributed by atoms with Crippen molar-refractivity contribution < 1.29 is 8.78 Å². The topological polar surface area (TPSA) is 26.0 Å². The van der Waals surface area contributed by atoms with Crippen LogP contribution in [0, 0.1) is 11.6 Å². The van der Waals surface area contributed by atoms with E-state index in [1.165, 1.54) is 18.2 Å². The molecule has 1 rings (SSSR count). The normalized spacial score (nSPS) is 9.92. The Morgan fingerprint density at radius 1 is 1.33 bits per heavy atom. The standard InChI is InChI=1S/C9H9F2N/c1-6(5-12)9-7(10)3-2-4-8(9)11/h2-4H,1,5,12H2. The van der Waals surface area contributed by atoms with E-state index in [0.717, 1.165) is 0 Å². The van der Waals surface area contributed by atoms with Crippen molar-refractivity contribution in [2.75, 3.05) is 6.54 Å². The van der Waals surface area contributed by atoms with Crippen LogP contribution in [-0.2, 0) is 0 Å². The van der Waals surface area contributed by atoms with E-state index in [1.54, 1.807) is 0 Å². The van der Waals surface area contributed by atoms with Crippen molar-refractivity contribution in [1.29, 1.82) is 0 Å². The van der Waals surface area contributed by atoms with Gasteiger partial charge in [0.25, 0.3) is 0 Å². The number of halogens is 2. The van der Waals surface area contributed by atoms with E-state index in [2.05, 4.69) is 6.58 Å². The van der Waals surface area contributed by atoms with Crippen LogP contribution >= 0.6 is 0 Å². The number of benzene rings is 1. The Labute approximate surface area is 69.5 Å². The van der Waals surface area contributed by atoms with Gasteiger partial charge in [-0.1, -0.05) is 12.6 Å². The third-order valence-corrected chi connectivity index (χ3v) is 1.56. The summed E-state index contributed by atoms with van der Waals surface area (Å²) in [4.78, 5) is 0. The lowest BCUT2D eigenvalue weighted by molar-refractivity contribution is 0.576. The van der Waals surface area contributed by atoms with Crippen LogP contribution in [0.1, 0.15) is 5.56 Å². The zero-order valence-electron chi connectivity index (χ0n) is 6.48. The number of hydrogen-bond acceptors (Lipinski definition) is 1. The van der Waals surface area contributed by atoms with Crippen molar-refractivity contribution in [3.8, 4) is 0 Å². The summed E-state index contributed by atoms with van der Waals surface area (Å²) in [7, 11) is 0. The van der Waals surface area contributed by atoms with Crippen LogP contribution in [0.25, 0.3) is 5.57 Å². The predicted molar refractivity (Wildman–Crippen MR) is 44.4 cm³/mol. The Hall–Kier alpha value is -1.22. The highest BCUT2D eigenvalue weighted by molar-refractivity contribution is 5.65. The average Bonchev–Trinajstić information content (AvgIpc) is 2.03. The molecule has 12 heavy (non-hydrogen) atoms. The number of nitrogens with two attached hydrogens (primary N) is 1. The molecule has 0 aliphatic rings. The Kier molecular flexibility index (Phi) is 2.55. The van der Waals surface area contributed by atoms with Gasteiger partial charge in [0, 0.05) is 12.1 Å². The molecule has 0 aromatic heterocycles. The third-order valence-electron chi connectivity index (χ3n) is 1.56. The summed E-state index contributed by atoms with van der Waals surface area (Å²) >= 11 is 0. The smallest absolute Gasteiger partial charge is 0.133 e. The highest BCUT2D eigenvalue weighted by Crippen LogP contribution is 2.18. The highest BCUT2D eigenvalue weighted by Gasteiger charge is 2.09. The van der Waals surface area contributed by atoms with Crippen LogP contribution in [0.15, 0.2) is 24.8 Å². The maximum atomic E-state index is 12.9. The summed E-state index contributed by atoms with van der Waals surface area (Å²) in [5, 5.41) is 0. The Bertz CT molecular complexity index is 287. The van der Waals surface area contributed by atoms with Crippen LogP contribution in [0.3, 0.4) is 0 Å². The van der Waals surface area contributed by atoms with E-state index in [-0.39, 0.29) is 17.7 Å². The zero-order chi connectivity index (χ0) is 9.14. The lowest BCUT2D eigenvalue weighted by Crippen LogP contribution is -2.04. The van der Waals surface area contributed by atoms with Crippen LogP contribution in [0.4, 0.5) is 8.78 Å². The van der Waals surface area contributed by atoms with Gasteiger partial charge in [0.1, 0.15) is 11.6 Å². The Morgan fingerprint density at radius 2 is 1.83 bits per heavy atom. The minimum absolute atomic E-state index is 0.0534. The second-order valence-corrected chi connectivity index (χ2v) is 2.40. The van der Waals surface area contributed by atoms with Gasteiger partial charge in [-0.2, -0.15) is 0 Å². The van der Waals surface area contributed by atoms with E-state index >= 15 is 0 Å². The molecule has 0 unspecified atom stereocenters. The largest absolute Gasteiger partial charge is 0.326 e. The van der Waals surface area contributed by atoms with Gasteiger partial charge in [-0.15, -0.1) is 0 Å². The average molecular weight is 169 g/mol. The quantitative estimate of drug-likeness (QED) is 0.719. The minimum Gasteiger partial charge on any atom is -0.326 e. The van der Waals surface area contributed by atoms with Crippen LogP contribution in [-0.4, -0.2) is 6.54 Å². The van der Waals surface area contributed by atoms with Gasteiger partial charge in [-0.05, 0) is 17.7 Å². The molecule has 64 valence electrons. The van der Waals surface area contributed by atoms with Crippen molar-refractivity contribution in [2.45, 2.75) is 0 Å². The summed E-state index contributed by atoms with van der Waals surface area (Å²) in [5.41, 5.74) is 5.37. The fraction of sp³-hybridized carbons (Fsp3) is 0.111. The van der Waals surface area contributed by atoms with Crippen molar-refractivity contribution in [3.63, 3.8) is 0 Å². The van der Waals surface area contributed by atoms with E-state index in [0.29, 0.717) is 0 Å². The zero-order valence-corrected chi connectivity index (χ0v) is 6.48. The fourth-order valence-corrected chi connectivity index (χ4v) is 0.938. The molecule has 1 aromatic rings. The maximum Gasteiger partial charge on any atom is 0.133 e. The van der Waals surface area contributed by atoms with Gasteiger partial charge in [0.15, 0.2) is 0 Å². The lowest BCUT2D eigenvalue weighted by Gasteiger charge is -2.04. The molecule has 0 saturated heterocycles. The molecule has 3 heteroatoms. The summed E-state index contributed by atoms with van der Waals surface area (Å²) < 4.78 is 25.9. The van der Waals surface area contributed by atoms with Gasteiger partial charge in [-0.25, -0.2) is 8.78 Å². The van der Waals surface area contributed by atoms with Gasteiger partial charge >= 0.3 is 0 Å². The van der Waals surface area contributed by atoms with Crippen molar-refractivity contribution in [3.05, 3.63) is 42.0 Å². The first-order valence-corrected chi connectivity index (χ1v) is 3.49. The molecule has 0 amide bonds. The first-order chi connectivity index (χ1) is 5.66. The third kappa shape index (κ3) is 1.51. The fourth-order valence-electron chi connectivity index (χ4n) is 0.938. The lowest BCUT2D eigenvalue weighted by atomic mass is 10.1. The summed E-state index contributed by atoms with van der Waals surface area (Å²) in [5.74, 6) is -1.24. The molecule has 0 saturated carbocycles. The molecule has 1 aromatic carbocycles. The molecule has 0 bridgehead atoms. The summed E-state index contributed by atoms with van der Waals surface area (Å²) in [6.45, 7) is 3.51. The maximum absolute atomic E-state index is 12.9. The van der Waals surface area contributed by atoms with E-state index in [1.807, 2.05) is 0 Å². The van der Waals surface area contributed by atoms with Crippen LogP contribution < -0.4 is 5.73 Å². The molecule has 0 aliphatic carbocycles. The van der Waals surface area contributed by atoms with Crippen molar-refractivity contribution in [2.24, 2.45) is 5.73 Å². The summed E-state index contributed by atoms with van der Waals surface area (Å²) in [6.07, 6.45) is 0. The first kappa shape index (κ1) is 8.87. The van der Waals surface area contributed by atoms with E-state index in [4.69, 9.17) is 5.73 Å². The Morgan fingerprint density at radius 3 is 2.25 bits per heavy atom. The van der Waals surface area contributed by atoms with Crippen molar-refractivity contribution in [1.82, 2.24) is 0 Å². The predicted octanol–water partition coefficient (Wildman–Crippen LogP) is 1.94. The molecule has 1 nitrogen and oxygen atoms in total. The molecule has 0 heterocycles. The Balaban J connectivity index is 3.21. The van der Waals surface area contributed by atoms with E-state index in [9.17, 15) is 8.78 Å². The number of hydrogen-bond donors (Lipinski definition) is 1. The molecule has 0 spiro atoms. The second-order valence-electron chi connectivity index (χ2n) is 2.40. The monoisotopic (exact) mass is 169 g/mol. The molecule has 0 atom stereocenters. The molecule has 0 aliphatic heterocycles. The minimum atomic E-state index is -0.620. The number of rotatable bonds is 2. The SMILES string of the molecule is C=C(CN)c1c(F)cccc1F. The first-order valence-electron chi connectivity index (χ1n) is 3.49. The van der Waals surface area contributed by atoms with Crippen molar-refractivity contribution >= 4 is 5.57 Å². The second kappa shape index (κ2) is 3.45. The molecule has 0 radical (unpaired) electrons. The van der Waals surface area contributed by atoms with Gasteiger partial charge in [0.05, 0.1) is 0 Å². The highest BCUT2D eigenvalue weighted by atomic mass is 19.1. The van der Waals surface area contributed by atoms with Crippen LogP contribution in [0.2, 0.25) is 0 Å². The van der Waals surface area contributed by atoms with Gasteiger partial charge < -0.3 is 5.73 Å².